The van der Waals surface area contributed by atoms with Crippen LogP contribution < -0.4 is 10.1 Å². The fraction of sp³-hybridized carbons (Fsp3) is 0.350. The normalized spacial score (nSPS) is 19.7. The van der Waals surface area contributed by atoms with E-state index in [0.717, 1.165) is 0 Å². The number of carbonyl (C=O) groups excluding carboxylic acids is 1. The molecule has 0 bridgehead atoms. The molecule has 0 spiro atoms. The molecule has 174 valence electrons. The minimum absolute atomic E-state index is 0.0232. The second-order valence-electron chi connectivity index (χ2n) is 7.20. The van der Waals surface area contributed by atoms with Gasteiger partial charge < -0.3 is 14.8 Å². The first-order valence-corrected chi connectivity index (χ1v) is 11.7. The second-order valence-corrected chi connectivity index (χ2v) is 9.92. The van der Waals surface area contributed by atoms with Crippen molar-refractivity contribution in [1.82, 2.24) is 4.31 Å². The van der Waals surface area contributed by atoms with Crippen molar-refractivity contribution in [2.75, 3.05) is 18.4 Å². The fourth-order valence-electron chi connectivity index (χ4n) is 3.28. The third-order valence-corrected chi connectivity index (χ3v) is 7.21. The highest BCUT2D eigenvalue weighted by atomic mass is 35.5. The van der Waals surface area contributed by atoms with Gasteiger partial charge in [-0.3, -0.25) is 4.79 Å². The maximum absolute atomic E-state index is 13.2. The maximum Gasteiger partial charge on any atom is 0.387 e. The molecule has 2 aromatic carbocycles. The van der Waals surface area contributed by atoms with Crippen molar-refractivity contribution in [1.29, 1.82) is 0 Å². The topological polar surface area (TPSA) is 84.9 Å². The van der Waals surface area contributed by atoms with E-state index in [-0.39, 0.29) is 57.2 Å². The molecule has 1 heterocycles. The van der Waals surface area contributed by atoms with Crippen molar-refractivity contribution in [3.63, 3.8) is 0 Å². The quantitative estimate of drug-likeness (QED) is 0.613. The Morgan fingerprint density at radius 3 is 2.38 bits per heavy atom. The van der Waals surface area contributed by atoms with E-state index in [1.54, 1.807) is 13.8 Å². The Hall–Kier alpha value is -1.98. The number of hydrogen-bond acceptors (Lipinski definition) is 5. The van der Waals surface area contributed by atoms with Gasteiger partial charge >= 0.3 is 6.61 Å². The molecule has 0 aliphatic carbocycles. The molecule has 0 saturated carbocycles. The summed E-state index contributed by atoms with van der Waals surface area (Å²) in [6.45, 7) is 0.814. The summed E-state index contributed by atoms with van der Waals surface area (Å²) in [6, 6.07) is 7.63. The molecule has 12 heteroatoms. The first-order valence-electron chi connectivity index (χ1n) is 9.48. The van der Waals surface area contributed by atoms with Crippen LogP contribution in [0.15, 0.2) is 41.3 Å². The third kappa shape index (κ3) is 5.68. The van der Waals surface area contributed by atoms with Gasteiger partial charge in [0.05, 0.1) is 22.3 Å². The lowest BCUT2D eigenvalue weighted by Crippen LogP contribution is -2.48. The van der Waals surface area contributed by atoms with Gasteiger partial charge in [0.2, 0.25) is 10.0 Å². The van der Waals surface area contributed by atoms with E-state index in [1.165, 1.54) is 40.7 Å². The molecule has 0 radical (unpaired) electrons. The van der Waals surface area contributed by atoms with Crippen LogP contribution in [-0.4, -0.2) is 50.5 Å². The Morgan fingerprint density at radius 2 is 1.78 bits per heavy atom. The van der Waals surface area contributed by atoms with E-state index >= 15 is 0 Å². The van der Waals surface area contributed by atoms with Gasteiger partial charge in [-0.2, -0.15) is 13.1 Å². The highest BCUT2D eigenvalue weighted by Gasteiger charge is 2.34. The molecule has 2 unspecified atom stereocenters. The number of sulfonamides is 1. The Labute approximate surface area is 194 Å². The number of hydrogen-bond donors (Lipinski definition) is 1. The molecule has 0 aromatic heterocycles. The van der Waals surface area contributed by atoms with Crippen molar-refractivity contribution >= 4 is 44.8 Å². The largest absolute Gasteiger partial charge is 0.433 e. The number of ether oxygens (including phenoxy) is 2. The van der Waals surface area contributed by atoms with E-state index in [1.807, 2.05) is 0 Å². The van der Waals surface area contributed by atoms with Crippen LogP contribution in [0.4, 0.5) is 14.5 Å². The van der Waals surface area contributed by atoms with Crippen LogP contribution in [0.5, 0.6) is 5.75 Å². The lowest BCUT2D eigenvalue weighted by molar-refractivity contribution is -0.0498. The number of alkyl halides is 2. The first kappa shape index (κ1) is 24.7. The molecular weight excluding hydrogens is 489 g/mol. The van der Waals surface area contributed by atoms with Gasteiger partial charge in [0, 0.05) is 24.3 Å². The molecule has 2 atom stereocenters. The van der Waals surface area contributed by atoms with Crippen LogP contribution in [0.25, 0.3) is 0 Å². The number of nitrogens with zero attached hydrogens (tertiary/aromatic N) is 1. The monoisotopic (exact) mass is 508 g/mol. The lowest BCUT2D eigenvalue weighted by Gasteiger charge is -2.34. The van der Waals surface area contributed by atoms with Gasteiger partial charge in [-0.15, -0.1) is 0 Å². The molecule has 32 heavy (non-hydrogen) atoms. The molecule has 1 aliphatic rings. The van der Waals surface area contributed by atoms with E-state index < -0.39 is 22.5 Å². The number of morpholine rings is 1. The molecule has 1 amide bonds. The number of carbonyl (C=O) groups is 1. The highest BCUT2D eigenvalue weighted by Crippen LogP contribution is 2.31. The minimum Gasteiger partial charge on any atom is -0.433 e. The van der Waals surface area contributed by atoms with Crippen LogP contribution in [0.1, 0.15) is 24.2 Å². The molecule has 3 rings (SSSR count). The smallest absolute Gasteiger partial charge is 0.387 e. The Kier molecular flexibility index (Phi) is 7.61. The van der Waals surface area contributed by atoms with E-state index in [0.29, 0.717) is 0 Å². The van der Waals surface area contributed by atoms with Crippen molar-refractivity contribution < 1.29 is 31.5 Å². The summed E-state index contributed by atoms with van der Waals surface area (Å²) >= 11 is 12.1. The molecule has 2 aromatic rings. The highest BCUT2D eigenvalue weighted by molar-refractivity contribution is 7.89. The van der Waals surface area contributed by atoms with Gasteiger partial charge in [-0.05, 0) is 50.2 Å². The zero-order valence-electron chi connectivity index (χ0n) is 17.0. The maximum atomic E-state index is 13.2. The first-order chi connectivity index (χ1) is 15.0. The predicted molar refractivity (Wildman–Crippen MR) is 116 cm³/mol. The van der Waals surface area contributed by atoms with Crippen molar-refractivity contribution in [3.8, 4) is 5.75 Å². The van der Waals surface area contributed by atoms with Crippen molar-refractivity contribution in [2.24, 2.45) is 0 Å². The van der Waals surface area contributed by atoms with Crippen LogP contribution in [-0.2, 0) is 14.8 Å². The molecular formula is C20H20Cl2F2N2O5S. The Bertz CT molecular complexity index is 1110. The van der Waals surface area contributed by atoms with Crippen LogP contribution >= 0.6 is 23.2 Å². The van der Waals surface area contributed by atoms with E-state index in [4.69, 9.17) is 27.9 Å². The number of amides is 1. The number of anilines is 1. The fourth-order valence-corrected chi connectivity index (χ4v) is 5.60. The number of nitrogens with one attached hydrogen (secondary N) is 1. The van der Waals surface area contributed by atoms with Crippen LogP contribution in [0.3, 0.4) is 0 Å². The summed E-state index contributed by atoms with van der Waals surface area (Å²) in [5.41, 5.74) is 0.239. The molecule has 1 saturated heterocycles. The SMILES string of the molecule is CC1CN(S(=O)(=O)c2cc(C(=O)Nc3ccc(OC(F)F)c(Cl)c3)ccc2Cl)CC(C)O1. The summed E-state index contributed by atoms with van der Waals surface area (Å²) < 4.78 is 62.2. The van der Waals surface area contributed by atoms with Gasteiger partial charge in [0.15, 0.2) is 0 Å². The zero-order chi connectivity index (χ0) is 23.6. The number of halogens is 4. The summed E-state index contributed by atoms with van der Waals surface area (Å²) in [4.78, 5) is 12.5. The summed E-state index contributed by atoms with van der Waals surface area (Å²) in [5, 5.41) is 2.38. The summed E-state index contributed by atoms with van der Waals surface area (Å²) in [6.07, 6.45) is -0.582. The van der Waals surface area contributed by atoms with Gasteiger partial charge in [0.1, 0.15) is 10.6 Å². The van der Waals surface area contributed by atoms with Crippen molar-refractivity contribution in [3.05, 3.63) is 52.0 Å². The Balaban J connectivity index is 1.83. The number of rotatable bonds is 6. The van der Waals surface area contributed by atoms with Gasteiger partial charge in [0.25, 0.3) is 5.91 Å². The Morgan fingerprint density at radius 1 is 1.12 bits per heavy atom. The summed E-state index contributed by atoms with van der Waals surface area (Å²) in [5.74, 6) is -0.881. The standard InChI is InChI=1S/C20H20Cl2F2N2O5S/c1-11-9-26(10-12(2)30-11)32(28,29)18-7-13(3-5-15(18)21)19(27)25-14-4-6-17(16(22)8-14)31-20(23)24/h3-8,11-12,20H,9-10H2,1-2H3,(H,25,27). The lowest BCUT2D eigenvalue weighted by atomic mass is 10.2. The van der Waals surface area contributed by atoms with Gasteiger partial charge in [-0.25, -0.2) is 8.42 Å². The molecule has 7 nitrogen and oxygen atoms in total. The minimum atomic E-state index is -3.98. The van der Waals surface area contributed by atoms with Crippen LogP contribution in [0.2, 0.25) is 10.0 Å². The van der Waals surface area contributed by atoms with E-state index in [2.05, 4.69) is 10.1 Å². The van der Waals surface area contributed by atoms with Crippen molar-refractivity contribution in [2.45, 2.75) is 37.6 Å². The third-order valence-electron chi connectivity index (χ3n) is 4.60. The average Bonchev–Trinajstić information content (AvgIpc) is 2.69. The molecule has 1 N–H and O–H groups in total. The van der Waals surface area contributed by atoms with Crippen LogP contribution in [0, 0.1) is 0 Å². The average molecular weight is 509 g/mol. The van der Waals surface area contributed by atoms with E-state index in [9.17, 15) is 22.0 Å². The van der Waals surface area contributed by atoms with Gasteiger partial charge in [-0.1, -0.05) is 23.2 Å². The zero-order valence-corrected chi connectivity index (χ0v) is 19.3. The molecule has 1 aliphatic heterocycles. The molecule has 1 fully saturated rings. The summed E-state index contributed by atoms with van der Waals surface area (Å²) in [7, 11) is -3.98. The second kappa shape index (κ2) is 9.88. The predicted octanol–water partition coefficient (Wildman–Crippen LogP) is 4.65. The number of benzene rings is 2.